The van der Waals surface area contributed by atoms with Crippen molar-refractivity contribution in [2.24, 2.45) is 10.9 Å². The van der Waals surface area contributed by atoms with Crippen molar-refractivity contribution in [2.45, 2.75) is 58.9 Å². The smallest absolute Gasteiger partial charge is 0.247 e. The molecule has 1 aromatic heterocycles. The van der Waals surface area contributed by atoms with Crippen LogP contribution < -0.4 is 5.49 Å². The number of hydrogen-bond acceptors (Lipinski definition) is 4. The van der Waals surface area contributed by atoms with Crippen LogP contribution in [0, 0.1) is 12.8 Å². The van der Waals surface area contributed by atoms with Gasteiger partial charge in [-0.15, -0.1) is 0 Å². The third-order valence-electron chi connectivity index (χ3n) is 4.18. The Labute approximate surface area is 144 Å². The van der Waals surface area contributed by atoms with Crippen LogP contribution in [0.1, 0.15) is 56.3 Å². The number of aryl methyl sites for hydroxylation is 1. The van der Waals surface area contributed by atoms with Gasteiger partial charge in [-0.25, -0.2) is 8.42 Å². The van der Waals surface area contributed by atoms with Crippen LogP contribution in [0.4, 0.5) is 0 Å². The zero-order valence-corrected chi connectivity index (χ0v) is 15.7. The molecule has 5 nitrogen and oxygen atoms in total. The Hall–Kier alpha value is -1.43. The monoisotopic (exact) mass is 352 g/mol. The number of nitrogens with zero attached hydrogens (tertiary/aromatic N) is 2. The number of aromatic nitrogens is 1. The van der Waals surface area contributed by atoms with Gasteiger partial charge in [-0.3, -0.25) is 14.4 Å². The van der Waals surface area contributed by atoms with Crippen molar-refractivity contribution in [3.05, 3.63) is 29.4 Å². The van der Waals surface area contributed by atoms with Gasteiger partial charge in [0.1, 0.15) is 11.2 Å². The normalized spacial score (nSPS) is 17.4. The zero-order valence-electron chi connectivity index (χ0n) is 14.9. The third-order valence-corrected chi connectivity index (χ3v) is 6.04. The number of rotatable bonds is 5. The summed E-state index contributed by atoms with van der Waals surface area (Å²) in [6.45, 7) is 5.62. The molecule has 0 unspecified atom stereocenters. The summed E-state index contributed by atoms with van der Waals surface area (Å²) in [4.78, 5) is 17.3. The standard InChI is InChI=1S/C18H28N2O3S/c1-14(2)12-24(22,23)13-18(21)20-10-9-15(3)11-17(20)19-16-7-5-4-6-8-16/h9-11,14,16H,4-8,12-13H2,1-3H3. The van der Waals surface area contributed by atoms with Gasteiger partial charge < -0.3 is 0 Å². The lowest BCUT2D eigenvalue weighted by molar-refractivity contribution is 0.0934. The molecule has 1 aliphatic carbocycles. The highest BCUT2D eigenvalue weighted by Crippen LogP contribution is 2.19. The van der Waals surface area contributed by atoms with Crippen LogP contribution in [-0.4, -0.2) is 36.4 Å². The molecule has 0 N–H and O–H groups in total. The van der Waals surface area contributed by atoms with Gasteiger partial charge in [0.15, 0.2) is 9.84 Å². The molecule has 1 saturated carbocycles. The Morgan fingerprint density at radius 1 is 1.29 bits per heavy atom. The molecule has 0 radical (unpaired) electrons. The maximum absolute atomic E-state index is 12.5. The molecule has 1 heterocycles. The molecule has 2 rings (SSSR count). The van der Waals surface area contributed by atoms with E-state index in [4.69, 9.17) is 4.99 Å². The molecule has 1 aliphatic rings. The number of hydrogen-bond donors (Lipinski definition) is 0. The van der Waals surface area contributed by atoms with Crippen molar-refractivity contribution in [3.63, 3.8) is 0 Å². The molecule has 0 atom stereocenters. The van der Waals surface area contributed by atoms with Crippen molar-refractivity contribution in [1.29, 1.82) is 0 Å². The first-order valence-corrected chi connectivity index (χ1v) is 10.6. The van der Waals surface area contributed by atoms with E-state index in [9.17, 15) is 13.2 Å². The van der Waals surface area contributed by atoms with Gasteiger partial charge in [-0.2, -0.15) is 0 Å². The largest absolute Gasteiger partial charge is 0.273 e. The molecule has 0 spiro atoms. The predicted molar refractivity (Wildman–Crippen MR) is 95.7 cm³/mol. The maximum atomic E-state index is 12.5. The van der Waals surface area contributed by atoms with E-state index in [2.05, 4.69) is 0 Å². The van der Waals surface area contributed by atoms with E-state index in [1.165, 1.54) is 11.0 Å². The quantitative estimate of drug-likeness (QED) is 0.818. The molecule has 24 heavy (non-hydrogen) atoms. The summed E-state index contributed by atoms with van der Waals surface area (Å²) in [5.74, 6) is -0.853. The Morgan fingerprint density at radius 3 is 2.58 bits per heavy atom. The lowest BCUT2D eigenvalue weighted by atomic mass is 9.96. The average Bonchev–Trinajstić information content (AvgIpc) is 2.46. The van der Waals surface area contributed by atoms with Crippen molar-refractivity contribution < 1.29 is 13.2 Å². The second kappa shape index (κ2) is 8.10. The van der Waals surface area contributed by atoms with E-state index in [-0.39, 0.29) is 17.7 Å². The SMILES string of the molecule is Cc1ccn(C(=O)CS(=O)(=O)CC(C)C)c(=NC2CCCCC2)c1. The van der Waals surface area contributed by atoms with Crippen molar-refractivity contribution >= 4 is 15.7 Å². The van der Waals surface area contributed by atoms with Crippen LogP contribution in [0.3, 0.4) is 0 Å². The molecular formula is C18H28N2O3S. The highest BCUT2D eigenvalue weighted by molar-refractivity contribution is 7.92. The summed E-state index contributed by atoms with van der Waals surface area (Å²) in [6.07, 6.45) is 7.28. The molecule has 0 bridgehead atoms. The molecule has 0 amide bonds. The maximum Gasteiger partial charge on any atom is 0.247 e. The minimum atomic E-state index is -3.40. The summed E-state index contributed by atoms with van der Waals surface area (Å²) >= 11 is 0. The van der Waals surface area contributed by atoms with Gasteiger partial charge >= 0.3 is 0 Å². The Bertz CT molecular complexity index is 742. The van der Waals surface area contributed by atoms with E-state index in [1.54, 1.807) is 6.20 Å². The number of pyridine rings is 1. The van der Waals surface area contributed by atoms with Gasteiger partial charge in [0.25, 0.3) is 0 Å². The second-order valence-electron chi connectivity index (χ2n) is 7.20. The average molecular weight is 353 g/mol. The van der Waals surface area contributed by atoms with Crippen molar-refractivity contribution in [3.8, 4) is 0 Å². The second-order valence-corrected chi connectivity index (χ2v) is 9.30. The summed E-state index contributed by atoms with van der Waals surface area (Å²) in [7, 11) is -3.40. The van der Waals surface area contributed by atoms with E-state index in [0.717, 1.165) is 31.2 Å². The van der Waals surface area contributed by atoms with Crippen LogP contribution in [0.25, 0.3) is 0 Å². The fourth-order valence-electron chi connectivity index (χ4n) is 3.12. The van der Waals surface area contributed by atoms with Gasteiger partial charge in [0, 0.05) is 6.20 Å². The molecule has 0 aromatic carbocycles. The fourth-order valence-corrected chi connectivity index (χ4v) is 4.77. The van der Waals surface area contributed by atoms with E-state index >= 15 is 0 Å². The van der Waals surface area contributed by atoms with Crippen LogP contribution in [0.15, 0.2) is 23.3 Å². The minimum absolute atomic E-state index is 0.0113. The summed E-state index contributed by atoms with van der Waals surface area (Å²) < 4.78 is 25.7. The van der Waals surface area contributed by atoms with Crippen LogP contribution in [-0.2, 0) is 9.84 Å². The number of carbonyl (C=O) groups excluding carboxylic acids is 1. The molecule has 134 valence electrons. The number of sulfone groups is 1. The summed E-state index contributed by atoms with van der Waals surface area (Å²) in [5.41, 5.74) is 1.59. The topological polar surface area (TPSA) is 68.5 Å². The van der Waals surface area contributed by atoms with Crippen LogP contribution in [0.5, 0.6) is 0 Å². The lowest BCUT2D eigenvalue weighted by Gasteiger charge is -2.18. The van der Waals surface area contributed by atoms with Gasteiger partial charge in [0.05, 0.1) is 11.8 Å². The molecule has 0 aliphatic heterocycles. The summed E-state index contributed by atoms with van der Waals surface area (Å²) in [6, 6.07) is 3.90. The van der Waals surface area contributed by atoms with Crippen LogP contribution >= 0.6 is 0 Å². The van der Waals surface area contributed by atoms with Crippen molar-refractivity contribution in [2.75, 3.05) is 11.5 Å². The first-order chi connectivity index (χ1) is 11.3. The molecular weight excluding hydrogens is 324 g/mol. The van der Waals surface area contributed by atoms with E-state index in [1.807, 2.05) is 32.9 Å². The van der Waals surface area contributed by atoms with Gasteiger partial charge in [0.2, 0.25) is 5.91 Å². The first kappa shape index (κ1) is 18.9. The minimum Gasteiger partial charge on any atom is -0.273 e. The Balaban J connectivity index is 2.29. The highest BCUT2D eigenvalue weighted by Gasteiger charge is 2.20. The molecule has 1 aromatic rings. The van der Waals surface area contributed by atoms with Crippen molar-refractivity contribution in [1.82, 2.24) is 4.57 Å². The third kappa shape index (κ3) is 5.58. The van der Waals surface area contributed by atoms with Gasteiger partial charge in [-0.05, 0) is 43.4 Å². The lowest BCUT2D eigenvalue weighted by Crippen LogP contribution is -2.34. The molecule has 6 heteroatoms. The van der Waals surface area contributed by atoms with E-state index in [0.29, 0.717) is 5.49 Å². The Morgan fingerprint density at radius 2 is 1.96 bits per heavy atom. The zero-order chi connectivity index (χ0) is 17.7. The molecule has 0 saturated heterocycles. The summed E-state index contributed by atoms with van der Waals surface area (Å²) in [5, 5.41) is 0. The number of carbonyl (C=O) groups is 1. The van der Waals surface area contributed by atoms with E-state index < -0.39 is 21.5 Å². The Kier molecular flexibility index (Phi) is 6.38. The van der Waals surface area contributed by atoms with Crippen LogP contribution in [0.2, 0.25) is 0 Å². The first-order valence-electron chi connectivity index (χ1n) is 8.73. The highest BCUT2D eigenvalue weighted by atomic mass is 32.2. The fraction of sp³-hybridized carbons (Fsp3) is 0.667. The predicted octanol–water partition coefficient (Wildman–Crippen LogP) is 2.74. The molecule has 1 fully saturated rings. The van der Waals surface area contributed by atoms with Gasteiger partial charge in [-0.1, -0.05) is 33.1 Å².